The van der Waals surface area contributed by atoms with Crippen molar-refractivity contribution < 1.29 is 4.79 Å². The molecule has 1 aromatic heterocycles. The van der Waals surface area contributed by atoms with Gasteiger partial charge in [-0.3, -0.25) is 4.79 Å². The zero-order chi connectivity index (χ0) is 17.3. The minimum absolute atomic E-state index is 0.0758. The normalized spacial score (nSPS) is 18.2. The second kappa shape index (κ2) is 6.51. The molecule has 3 rings (SSSR count). The SMILES string of the molecule is Cc1ccc(CN2CCC(Nc3nc(C(C)(C)C)ns3)C2=O)cc1. The molecule has 5 nitrogen and oxygen atoms in total. The van der Waals surface area contributed by atoms with Gasteiger partial charge in [-0.15, -0.1) is 0 Å². The van der Waals surface area contributed by atoms with E-state index in [9.17, 15) is 4.79 Å². The van der Waals surface area contributed by atoms with Gasteiger partial charge >= 0.3 is 0 Å². The first-order chi connectivity index (χ1) is 11.3. The van der Waals surface area contributed by atoms with E-state index in [4.69, 9.17) is 0 Å². The van der Waals surface area contributed by atoms with Gasteiger partial charge in [0.15, 0.2) is 0 Å². The maximum absolute atomic E-state index is 12.6. The van der Waals surface area contributed by atoms with Crippen molar-refractivity contribution in [3.05, 3.63) is 41.2 Å². The Bertz CT molecular complexity index is 717. The van der Waals surface area contributed by atoms with E-state index in [0.29, 0.717) is 6.54 Å². The Morgan fingerprint density at radius 2 is 2.00 bits per heavy atom. The second-order valence-corrected chi connectivity index (χ2v) is 8.16. The maximum atomic E-state index is 12.6. The number of rotatable bonds is 4. The van der Waals surface area contributed by atoms with E-state index in [-0.39, 0.29) is 17.4 Å². The molecule has 1 aliphatic heterocycles. The van der Waals surface area contributed by atoms with Crippen molar-refractivity contribution in [3.63, 3.8) is 0 Å². The van der Waals surface area contributed by atoms with E-state index >= 15 is 0 Å². The fourth-order valence-corrected chi connectivity index (χ4v) is 3.49. The van der Waals surface area contributed by atoms with Crippen molar-refractivity contribution in [2.45, 2.75) is 52.1 Å². The van der Waals surface area contributed by atoms with Crippen LogP contribution in [0.15, 0.2) is 24.3 Å². The number of carbonyl (C=O) groups is 1. The van der Waals surface area contributed by atoms with Crippen LogP contribution >= 0.6 is 11.5 Å². The predicted octanol–water partition coefficient (Wildman–Crippen LogP) is 3.36. The molecule has 2 aromatic rings. The lowest BCUT2D eigenvalue weighted by atomic mass is 9.96. The van der Waals surface area contributed by atoms with E-state index in [1.807, 2.05) is 4.90 Å². The first-order valence-corrected chi connectivity index (χ1v) is 9.05. The largest absolute Gasteiger partial charge is 0.348 e. The van der Waals surface area contributed by atoms with Gasteiger partial charge in [0.25, 0.3) is 0 Å². The zero-order valence-corrected chi connectivity index (χ0v) is 15.5. The highest BCUT2D eigenvalue weighted by atomic mass is 32.1. The van der Waals surface area contributed by atoms with Gasteiger partial charge in [-0.05, 0) is 18.9 Å². The van der Waals surface area contributed by atoms with Crippen molar-refractivity contribution in [2.24, 2.45) is 0 Å². The second-order valence-electron chi connectivity index (χ2n) is 7.40. The van der Waals surface area contributed by atoms with E-state index in [2.05, 4.69) is 66.6 Å². The van der Waals surface area contributed by atoms with Crippen molar-refractivity contribution in [1.29, 1.82) is 0 Å². The van der Waals surface area contributed by atoms with E-state index in [0.717, 1.165) is 23.9 Å². The Balaban J connectivity index is 1.61. The number of carbonyl (C=O) groups excluding carboxylic acids is 1. The number of anilines is 1. The third-order valence-corrected chi connectivity index (χ3v) is 4.83. The van der Waals surface area contributed by atoms with Gasteiger partial charge < -0.3 is 10.2 Å². The molecule has 0 aliphatic carbocycles. The van der Waals surface area contributed by atoms with E-state index < -0.39 is 0 Å². The molecule has 1 aromatic carbocycles. The van der Waals surface area contributed by atoms with Crippen molar-refractivity contribution in [2.75, 3.05) is 11.9 Å². The summed E-state index contributed by atoms with van der Waals surface area (Å²) in [5, 5.41) is 3.99. The topological polar surface area (TPSA) is 58.1 Å². The molecule has 0 spiro atoms. The molecule has 1 atom stereocenters. The summed E-state index contributed by atoms with van der Waals surface area (Å²) in [4.78, 5) is 19.0. The third kappa shape index (κ3) is 3.75. The van der Waals surface area contributed by atoms with Crippen molar-refractivity contribution >= 4 is 22.6 Å². The van der Waals surface area contributed by atoms with Crippen LogP contribution in [0.3, 0.4) is 0 Å². The van der Waals surface area contributed by atoms with Gasteiger partial charge in [0.1, 0.15) is 11.9 Å². The van der Waals surface area contributed by atoms with Gasteiger partial charge in [0.05, 0.1) is 0 Å². The monoisotopic (exact) mass is 344 g/mol. The smallest absolute Gasteiger partial charge is 0.245 e. The van der Waals surface area contributed by atoms with Crippen LogP contribution in [0.5, 0.6) is 0 Å². The van der Waals surface area contributed by atoms with Crippen LogP contribution in [0.4, 0.5) is 5.13 Å². The molecular formula is C18H24N4OS. The van der Waals surface area contributed by atoms with Gasteiger partial charge in [-0.25, -0.2) is 4.98 Å². The molecule has 1 saturated heterocycles. The average Bonchev–Trinajstić information content (AvgIpc) is 3.11. The van der Waals surface area contributed by atoms with Crippen LogP contribution in [-0.2, 0) is 16.8 Å². The molecule has 6 heteroatoms. The van der Waals surface area contributed by atoms with Crippen LogP contribution in [0.1, 0.15) is 44.1 Å². The molecule has 128 valence electrons. The highest BCUT2D eigenvalue weighted by Gasteiger charge is 2.32. The van der Waals surface area contributed by atoms with Crippen LogP contribution in [0.2, 0.25) is 0 Å². The summed E-state index contributed by atoms with van der Waals surface area (Å²) >= 11 is 1.33. The van der Waals surface area contributed by atoms with Gasteiger partial charge in [0, 0.05) is 30.0 Å². The molecule has 1 N–H and O–H groups in total. The number of nitrogens with one attached hydrogen (secondary N) is 1. The highest BCUT2D eigenvalue weighted by Crippen LogP contribution is 2.25. The first kappa shape index (κ1) is 16.9. The lowest BCUT2D eigenvalue weighted by Gasteiger charge is -2.17. The van der Waals surface area contributed by atoms with Crippen LogP contribution in [0, 0.1) is 6.92 Å². The van der Waals surface area contributed by atoms with Gasteiger partial charge in [-0.2, -0.15) is 4.37 Å². The number of benzene rings is 1. The Morgan fingerprint density at radius 1 is 1.29 bits per heavy atom. The van der Waals surface area contributed by atoms with Crippen molar-refractivity contribution in [1.82, 2.24) is 14.3 Å². The number of amides is 1. The molecule has 0 radical (unpaired) electrons. The molecule has 1 amide bonds. The molecule has 1 unspecified atom stereocenters. The fourth-order valence-electron chi connectivity index (χ4n) is 2.68. The number of likely N-dealkylation sites (tertiary alicyclic amines) is 1. The Morgan fingerprint density at radius 3 is 2.62 bits per heavy atom. The maximum Gasteiger partial charge on any atom is 0.245 e. The highest BCUT2D eigenvalue weighted by molar-refractivity contribution is 7.09. The number of nitrogens with zero attached hydrogens (tertiary/aromatic N) is 3. The number of aromatic nitrogens is 2. The quantitative estimate of drug-likeness (QED) is 0.924. The van der Waals surface area contributed by atoms with Gasteiger partial charge in [-0.1, -0.05) is 50.6 Å². The minimum Gasteiger partial charge on any atom is -0.348 e. The Labute approximate surface area is 147 Å². The van der Waals surface area contributed by atoms with Crippen LogP contribution < -0.4 is 5.32 Å². The summed E-state index contributed by atoms with van der Waals surface area (Å²) in [5.74, 6) is 0.958. The Kier molecular flexibility index (Phi) is 4.58. The first-order valence-electron chi connectivity index (χ1n) is 8.28. The summed E-state index contributed by atoms with van der Waals surface area (Å²) in [6.07, 6.45) is 0.801. The predicted molar refractivity (Wildman–Crippen MR) is 97.2 cm³/mol. The molecule has 2 heterocycles. The van der Waals surface area contributed by atoms with Gasteiger partial charge in [0.2, 0.25) is 11.0 Å². The van der Waals surface area contributed by atoms with Crippen LogP contribution in [0.25, 0.3) is 0 Å². The fraction of sp³-hybridized carbons (Fsp3) is 0.500. The average molecular weight is 344 g/mol. The lowest BCUT2D eigenvalue weighted by Crippen LogP contribution is -2.33. The molecule has 1 aliphatic rings. The standard InChI is InChI=1S/C18H24N4OS/c1-12-5-7-13(8-6-12)11-22-10-9-14(15(22)23)19-17-20-16(21-24-17)18(2,3)4/h5-8,14H,9-11H2,1-4H3,(H,19,20,21). The zero-order valence-electron chi connectivity index (χ0n) is 14.7. The molecule has 24 heavy (non-hydrogen) atoms. The molecule has 1 fully saturated rings. The number of aryl methyl sites for hydroxylation is 1. The summed E-state index contributed by atoms with van der Waals surface area (Å²) in [5.41, 5.74) is 2.32. The van der Waals surface area contributed by atoms with Crippen LogP contribution in [-0.4, -0.2) is 32.8 Å². The lowest BCUT2D eigenvalue weighted by molar-refractivity contribution is -0.128. The summed E-state index contributed by atoms with van der Waals surface area (Å²) < 4.78 is 4.39. The third-order valence-electron chi connectivity index (χ3n) is 4.19. The summed E-state index contributed by atoms with van der Waals surface area (Å²) in [6, 6.07) is 8.14. The summed E-state index contributed by atoms with van der Waals surface area (Å²) in [6.45, 7) is 9.77. The molecule has 0 bridgehead atoms. The van der Waals surface area contributed by atoms with E-state index in [1.54, 1.807) is 0 Å². The minimum atomic E-state index is -0.198. The molecule has 0 saturated carbocycles. The molecular weight excluding hydrogens is 320 g/mol. The Hall–Kier alpha value is -1.95. The van der Waals surface area contributed by atoms with Crippen molar-refractivity contribution in [3.8, 4) is 0 Å². The number of hydrogen-bond donors (Lipinski definition) is 1. The van der Waals surface area contributed by atoms with E-state index in [1.165, 1.54) is 22.7 Å². The number of hydrogen-bond acceptors (Lipinski definition) is 5. The summed E-state index contributed by atoms with van der Waals surface area (Å²) in [7, 11) is 0.